The van der Waals surface area contributed by atoms with E-state index in [1.807, 2.05) is 11.3 Å². The zero-order valence-corrected chi connectivity index (χ0v) is 13.8. The highest BCUT2D eigenvalue weighted by Gasteiger charge is 2.17. The number of nitrogens with zero attached hydrogens (tertiary/aromatic N) is 1. The highest BCUT2D eigenvalue weighted by molar-refractivity contribution is 7.11. The Bertz CT molecular complexity index is 384. The highest BCUT2D eigenvalue weighted by atomic mass is 32.1. The van der Waals surface area contributed by atoms with Gasteiger partial charge in [-0.1, -0.05) is 13.8 Å². The summed E-state index contributed by atoms with van der Waals surface area (Å²) in [4.78, 5) is 5.14. The molecule has 1 aliphatic heterocycles. The van der Waals surface area contributed by atoms with E-state index in [0.717, 1.165) is 19.7 Å². The molecule has 0 radical (unpaired) electrons. The van der Waals surface area contributed by atoms with Crippen LogP contribution in [0.1, 0.15) is 36.4 Å². The Hall–Kier alpha value is -0.420. The third-order valence-electron chi connectivity index (χ3n) is 3.70. The van der Waals surface area contributed by atoms with Gasteiger partial charge in [0.25, 0.3) is 0 Å². The van der Waals surface area contributed by atoms with Gasteiger partial charge >= 0.3 is 0 Å². The summed E-state index contributed by atoms with van der Waals surface area (Å²) in [6, 6.07) is 4.44. The Balaban J connectivity index is 1.67. The van der Waals surface area contributed by atoms with Gasteiger partial charge in [0, 0.05) is 29.4 Å². The molecule has 0 saturated carbocycles. The van der Waals surface area contributed by atoms with Crippen molar-refractivity contribution < 1.29 is 4.74 Å². The third kappa shape index (κ3) is 5.52. The predicted octanol–water partition coefficient (Wildman–Crippen LogP) is 3.10. The van der Waals surface area contributed by atoms with Gasteiger partial charge in [-0.05, 0) is 44.5 Å². The topological polar surface area (TPSA) is 24.5 Å². The summed E-state index contributed by atoms with van der Waals surface area (Å²) in [5.74, 6) is 0.710. The molecular formula is C16H28N2OS. The molecule has 1 fully saturated rings. The van der Waals surface area contributed by atoms with Gasteiger partial charge in [-0.3, -0.25) is 0 Å². The van der Waals surface area contributed by atoms with Crippen LogP contribution >= 0.6 is 11.3 Å². The van der Waals surface area contributed by atoms with Crippen molar-refractivity contribution in [2.75, 3.05) is 26.7 Å². The number of piperidine rings is 1. The molecule has 20 heavy (non-hydrogen) atoms. The Labute approximate surface area is 127 Å². The largest absolute Gasteiger partial charge is 0.373 e. The second kappa shape index (κ2) is 8.13. The zero-order valence-electron chi connectivity index (χ0n) is 13.0. The van der Waals surface area contributed by atoms with Crippen LogP contribution in [0, 0.1) is 5.92 Å². The van der Waals surface area contributed by atoms with E-state index in [9.17, 15) is 0 Å². The van der Waals surface area contributed by atoms with Crippen LogP contribution in [0.15, 0.2) is 12.1 Å². The van der Waals surface area contributed by atoms with Gasteiger partial charge in [-0.25, -0.2) is 0 Å². The van der Waals surface area contributed by atoms with Crippen LogP contribution < -0.4 is 5.32 Å². The summed E-state index contributed by atoms with van der Waals surface area (Å²) in [6.45, 7) is 9.66. The number of likely N-dealkylation sites (tertiary alicyclic amines) is 1. The summed E-state index contributed by atoms with van der Waals surface area (Å²) in [7, 11) is 2.19. The molecule has 0 bridgehead atoms. The van der Waals surface area contributed by atoms with E-state index in [4.69, 9.17) is 4.74 Å². The molecule has 1 N–H and O–H groups in total. The molecule has 4 heteroatoms. The molecule has 0 amide bonds. The Kier molecular flexibility index (Phi) is 6.49. The van der Waals surface area contributed by atoms with Crippen LogP contribution in [0.25, 0.3) is 0 Å². The molecule has 0 atom stereocenters. The SMILES string of the molecule is CC(C)CNCc1ccc(COC2CCN(C)CC2)s1. The molecule has 3 nitrogen and oxygen atoms in total. The predicted molar refractivity (Wildman–Crippen MR) is 86.2 cm³/mol. The van der Waals surface area contributed by atoms with E-state index in [1.54, 1.807) is 0 Å². The first-order valence-electron chi connectivity index (χ1n) is 7.72. The van der Waals surface area contributed by atoms with Gasteiger partial charge in [0.2, 0.25) is 0 Å². The fourth-order valence-electron chi connectivity index (χ4n) is 2.43. The maximum atomic E-state index is 6.04. The van der Waals surface area contributed by atoms with Crippen molar-refractivity contribution >= 4 is 11.3 Å². The summed E-state index contributed by atoms with van der Waals surface area (Å²) < 4.78 is 6.04. The van der Waals surface area contributed by atoms with Crippen LogP contribution in [0.3, 0.4) is 0 Å². The molecule has 0 aliphatic carbocycles. The minimum atomic E-state index is 0.454. The van der Waals surface area contributed by atoms with Crippen molar-refractivity contribution in [3.63, 3.8) is 0 Å². The van der Waals surface area contributed by atoms with Crippen molar-refractivity contribution in [2.24, 2.45) is 5.92 Å². The summed E-state index contributed by atoms with van der Waals surface area (Å²) in [6.07, 6.45) is 2.80. The number of hydrogen-bond acceptors (Lipinski definition) is 4. The van der Waals surface area contributed by atoms with E-state index in [1.165, 1.54) is 35.7 Å². The van der Waals surface area contributed by atoms with E-state index in [-0.39, 0.29) is 0 Å². The molecule has 0 aromatic carbocycles. The standard InChI is InChI=1S/C16H28N2OS/c1-13(2)10-17-11-15-4-5-16(20-15)12-19-14-6-8-18(3)9-7-14/h4-5,13-14,17H,6-12H2,1-3H3. The molecule has 2 heterocycles. The second-order valence-corrected chi connectivity index (χ2v) is 7.46. The first-order valence-corrected chi connectivity index (χ1v) is 8.53. The van der Waals surface area contributed by atoms with E-state index < -0.39 is 0 Å². The molecule has 0 spiro atoms. The third-order valence-corrected chi connectivity index (χ3v) is 4.75. The minimum absolute atomic E-state index is 0.454. The Morgan fingerprint density at radius 3 is 2.70 bits per heavy atom. The lowest BCUT2D eigenvalue weighted by Crippen LogP contribution is -2.34. The van der Waals surface area contributed by atoms with Gasteiger partial charge in [-0.2, -0.15) is 0 Å². The zero-order chi connectivity index (χ0) is 14.4. The fraction of sp³-hybridized carbons (Fsp3) is 0.750. The van der Waals surface area contributed by atoms with Gasteiger partial charge in [0.1, 0.15) is 0 Å². The molecule has 1 saturated heterocycles. The summed E-state index contributed by atoms with van der Waals surface area (Å²) in [5.41, 5.74) is 0. The van der Waals surface area contributed by atoms with Crippen LogP contribution in [-0.2, 0) is 17.9 Å². The molecule has 1 aromatic rings. The normalized spacial score (nSPS) is 18.0. The van der Waals surface area contributed by atoms with E-state index >= 15 is 0 Å². The number of rotatable bonds is 7. The average molecular weight is 296 g/mol. The van der Waals surface area contributed by atoms with Gasteiger partial charge in [0.05, 0.1) is 12.7 Å². The van der Waals surface area contributed by atoms with Gasteiger partial charge in [-0.15, -0.1) is 11.3 Å². The van der Waals surface area contributed by atoms with Gasteiger partial charge in [0.15, 0.2) is 0 Å². The summed E-state index contributed by atoms with van der Waals surface area (Å²) in [5, 5.41) is 3.49. The first-order chi connectivity index (χ1) is 9.63. The van der Waals surface area contributed by atoms with Crippen molar-refractivity contribution in [3.8, 4) is 0 Å². The quantitative estimate of drug-likeness (QED) is 0.837. The molecular weight excluding hydrogens is 268 g/mol. The monoisotopic (exact) mass is 296 g/mol. The molecule has 1 aromatic heterocycles. The lowest BCUT2D eigenvalue weighted by atomic mass is 10.1. The molecule has 2 rings (SSSR count). The van der Waals surface area contributed by atoms with E-state index in [0.29, 0.717) is 12.0 Å². The second-order valence-electron chi connectivity index (χ2n) is 6.21. The lowest BCUT2D eigenvalue weighted by molar-refractivity contribution is 0.00331. The highest BCUT2D eigenvalue weighted by Crippen LogP contribution is 2.20. The van der Waals surface area contributed by atoms with Crippen molar-refractivity contribution in [3.05, 3.63) is 21.9 Å². The van der Waals surface area contributed by atoms with Crippen molar-refractivity contribution in [1.29, 1.82) is 0 Å². The smallest absolute Gasteiger partial charge is 0.0813 e. The van der Waals surface area contributed by atoms with Crippen LogP contribution in [0.2, 0.25) is 0 Å². The minimum Gasteiger partial charge on any atom is -0.373 e. The molecule has 0 unspecified atom stereocenters. The maximum absolute atomic E-state index is 6.04. The van der Waals surface area contributed by atoms with Gasteiger partial charge < -0.3 is 15.0 Å². The number of nitrogens with one attached hydrogen (secondary N) is 1. The Morgan fingerprint density at radius 2 is 2.00 bits per heavy atom. The maximum Gasteiger partial charge on any atom is 0.0813 e. The van der Waals surface area contributed by atoms with Crippen LogP contribution in [0.5, 0.6) is 0 Å². The van der Waals surface area contributed by atoms with Crippen LogP contribution in [0.4, 0.5) is 0 Å². The van der Waals surface area contributed by atoms with E-state index in [2.05, 4.69) is 43.2 Å². The molecule has 114 valence electrons. The molecule has 1 aliphatic rings. The number of hydrogen-bond donors (Lipinski definition) is 1. The average Bonchev–Trinajstić information content (AvgIpc) is 2.86. The Morgan fingerprint density at radius 1 is 1.30 bits per heavy atom. The van der Waals surface area contributed by atoms with Crippen molar-refractivity contribution in [1.82, 2.24) is 10.2 Å². The lowest BCUT2D eigenvalue weighted by Gasteiger charge is -2.28. The number of thiophene rings is 1. The summed E-state index contributed by atoms with van der Waals surface area (Å²) >= 11 is 1.88. The first kappa shape index (κ1) is 16.0. The fourth-order valence-corrected chi connectivity index (χ4v) is 3.34. The van der Waals surface area contributed by atoms with Crippen molar-refractivity contribution in [2.45, 2.75) is 45.9 Å². The number of ether oxygens (including phenoxy) is 1. The van der Waals surface area contributed by atoms with Crippen LogP contribution in [-0.4, -0.2) is 37.7 Å².